The highest BCUT2D eigenvalue weighted by Gasteiger charge is 2.08. The molecule has 1 rings (SSSR count). The third kappa shape index (κ3) is 2.09. The molecule has 0 aliphatic rings. The first-order chi connectivity index (χ1) is 5.65. The molecule has 1 amide bonds. The lowest BCUT2D eigenvalue weighted by molar-refractivity contribution is 0.0705. The van der Waals surface area contributed by atoms with E-state index in [0.717, 1.165) is 3.57 Å². The number of carbonyl (C=O) groups excluding carboxylic acids is 1. The fourth-order valence-corrected chi connectivity index (χ4v) is 1.48. The van der Waals surface area contributed by atoms with Crippen LogP contribution in [0.3, 0.4) is 0 Å². The quantitative estimate of drug-likeness (QED) is 0.473. The lowest BCUT2D eigenvalue weighted by atomic mass is 10.2. The van der Waals surface area contributed by atoms with Crippen LogP contribution in [0.1, 0.15) is 10.4 Å². The maximum Gasteiger partial charge on any atom is 0.275 e. The number of hydrogen-bond acceptors (Lipinski definition) is 2. The topological polar surface area (TPSA) is 49.3 Å². The van der Waals surface area contributed by atoms with Crippen molar-refractivity contribution >= 4 is 40.1 Å². The molecule has 0 spiro atoms. The van der Waals surface area contributed by atoms with Crippen molar-refractivity contribution in [3.63, 3.8) is 0 Å². The van der Waals surface area contributed by atoms with Crippen LogP contribution in [0.2, 0.25) is 5.02 Å². The summed E-state index contributed by atoms with van der Waals surface area (Å²) in [5.41, 5.74) is 1.91. The van der Waals surface area contributed by atoms with E-state index < -0.39 is 5.91 Å². The maximum atomic E-state index is 11.0. The molecule has 0 atom stereocenters. The van der Waals surface area contributed by atoms with Crippen LogP contribution in [0, 0.1) is 3.57 Å². The zero-order valence-corrected chi connectivity index (χ0v) is 8.76. The van der Waals surface area contributed by atoms with E-state index in [1.54, 1.807) is 17.6 Å². The van der Waals surface area contributed by atoms with Crippen molar-refractivity contribution in [2.75, 3.05) is 0 Å². The molecule has 0 saturated carbocycles. The molecule has 0 heterocycles. The lowest BCUT2D eigenvalue weighted by Crippen LogP contribution is -2.19. The Morgan fingerprint density at radius 1 is 1.58 bits per heavy atom. The molecule has 0 radical (unpaired) electrons. The predicted octanol–water partition coefficient (Wildman–Crippen LogP) is 2.06. The molecule has 0 saturated heterocycles. The van der Waals surface area contributed by atoms with Crippen molar-refractivity contribution in [3.05, 3.63) is 32.4 Å². The van der Waals surface area contributed by atoms with Gasteiger partial charge in [-0.15, -0.1) is 0 Å². The number of hydroxylamine groups is 1. The Hall–Kier alpha value is -0.330. The van der Waals surface area contributed by atoms with E-state index in [9.17, 15) is 4.79 Å². The van der Waals surface area contributed by atoms with Crippen LogP contribution in [0.5, 0.6) is 0 Å². The molecule has 64 valence electrons. The number of amides is 1. The second kappa shape index (κ2) is 4.06. The van der Waals surface area contributed by atoms with Gasteiger partial charge in [0.25, 0.3) is 5.91 Å². The molecule has 0 bridgehead atoms. The van der Waals surface area contributed by atoms with Gasteiger partial charge in [-0.3, -0.25) is 10.0 Å². The predicted molar refractivity (Wildman–Crippen MR) is 53.4 cm³/mol. The van der Waals surface area contributed by atoms with Gasteiger partial charge in [0, 0.05) is 8.59 Å². The zero-order chi connectivity index (χ0) is 9.14. The Bertz CT molecular complexity index is 316. The normalized spacial score (nSPS) is 9.58. The molecule has 0 aliphatic carbocycles. The van der Waals surface area contributed by atoms with Crippen molar-refractivity contribution < 1.29 is 10.0 Å². The number of hydrogen-bond donors (Lipinski definition) is 2. The van der Waals surface area contributed by atoms with Crippen LogP contribution >= 0.6 is 34.2 Å². The number of rotatable bonds is 1. The number of carbonyl (C=O) groups is 1. The summed E-state index contributed by atoms with van der Waals surface area (Å²) in [7, 11) is 0. The smallest absolute Gasteiger partial charge is 0.275 e. The largest absolute Gasteiger partial charge is 0.288 e. The fraction of sp³-hybridized carbons (Fsp3) is 0. The molecule has 1 aromatic carbocycles. The molecule has 0 unspecified atom stereocenters. The van der Waals surface area contributed by atoms with Crippen molar-refractivity contribution in [2.45, 2.75) is 0 Å². The highest BCUT2D eigenvalue weighted by Crippen LogP contribution is 2.17. The molecule has 2 N–H and O–H groups in total. The first-order valence-electron chi connectivity index (χ1n) is 3.04. The standard InChI is InChI=1S/C7H5ClINO2/c8-4-1-2-6(9)5(3-4)7(11)10-12/h1-3,12H,(H,10,11). The average molecular weight is 297 g/mol. The van der Waals surface area contributed by atoms with Gasteiger partial charge in [-0.25, -0.2) is 5.48 Å². The Labute approximate surface area is 87.8 Å². The van der Waals surface area contributed by atoms with Crippen molar-refractivity contribution in [2.24, 2.45) is 0 Å². The van der Waals surface area contributed by atoms with Gasteiger partial charge in [0.2, 0.25) is 0 Å². The van der Waals surface area contributed by atoms with Gasteiger partial charge in [-0.05, 0) is 40.8 Å². The minimum absolute atomic E-state index is 0.366. The Morgan fingerprint density at radius 2 is 2.25 bits per heavy atom. The van der Waals surface area contributed by atoms with Crippen LogP contribution in [0.15, 0.2) is 18.2 Å². The summed E-state index contributed by atoms with van der Waals surface area (Å²) in [5, 5.41) is 8.82. The third-order valence-electron chi connectivity index (χ3n) is 1.27. The highest BCUT2D eigenvalue weighted by atomic mass is 127. The van der Waals surface area contributed by atoms with E-state index in [2.05, 4.69) is 0 Å². The van der Waals surface area contributed by atoms with Crippen molar-refractivity contribution in [3.8, 4) is 0 Å². The highest BCUT2D eigenvalue weighted by molar-refractivity contribution is 14.1. The molecule has 0 aromatic heterocycles. The van der Waals surface area contributed by atoms with Crippen LogP contribution in [0.4, 0.5) is 0 Å². The molecule has 0 fully saturated rings. The van der Waals surface area contributed by atoms with Gasteiger partial charge >= 0.3 is 0 Å². The average Bonchev–Trinajstić information content (AvgIpc) is 2.08. The summed E-state index contributed by atoms with van der Waals surface area (Å²) < 4.78 is 0.739. The first kappa shape index (κ1) is 9.76. The van der Waals surface area contributed by atoms with Gasteiger partial charge in [-0.2, -0.15) is 0 Å². The van der Waals surface area contributed by atoms with E-state index in [1.807, 2.05) is 22.6 Å². The molecule has 3 nitrogen and oxygen atoms in total. The second-order valence-corrected chi connectivity index (χ2v) is 3.66. The molecular weight excluding hydrogens is 292 g/mol. The fourth-order valence-electron chi connectivity index (χ4n) is 0.732. The lowest BCUT2D eigenvalue weighted by Gasteiger charge is -2.01. The zero-order valence-electron chi connectivity index (χ0n) is 5.84. The van der Waals surface area contributed by atoms with E-state index in [4.69, 9.17) is 16.8 Å². The van der Waals surface area contributed by atoms with Crippen LogP contribution in [-0.4, -0.2) is 11.1 Å². The van der Waals surface area contributed by atoms with Gasteiger partial charge in [-0.1, -0.05) is 11.6 Å². The monoisotopic (exact) mass is 297 g/mol. The Morgan fingerprint density at radius 3 is 2.83 bits per heavy atom. The summed E-state index contributed by atoms with van der Waals surface area (Å²) in [6, 6.07) is 4.87. The van der Waals surface area contributed by atoms with E-state index >= 15 is 0 Å². The van der Waals surface area contributed by atoms with E-state index in [1.165, 1.54) is 6.07 Å². The van der Waals surface area contributed by atoms with E-state index in [0.29, 0.717) is 10.6 Å². The van der Waals surface area contributed by atoms with Crippen LogP contribution in [0.25, 0.3) is 0 Å². The van der Waals surface area contributed by atoms with Crippen molar-refractivity contribution in [1.29, 1.82) is 0 Å². The number of nitrogens with one attached hydrogen (secondary N) is 1. The number of halogens is 2. The molecule has 5 heteroatoms. The van der Waals surface area contributed by atoms with E-state index in [-0.39, 0.29) is 0 Å². The summed E-state index contributed by atoms with van der Waals surface area (Å²) in [6.07, 6.45) is 0. The summed E-state index contributed by atoms with van der Waals surface area (Å²) in [6.45, 7) is 0. The van der Waals surface area contributed by atoms with Crippen LogP contribution < -0.4 is 5.48 Å². The second-order valence-electron chi connectivity index (χ2n) is 2.07. The number of benzene rings is 1. The Balaban J connectivity index is 3.13. The molecule has 12 heavy (non-hydrogen) atoms. The molecule has 1 aromatic rings. The van der Waals surface area contributed by atoms with Gasteiger partial charge in [0.1, 0.15) is 0 Å². The van der Waals surface area contributed by atoms with Gasteiger partial charge < -0.3 is 0 Å². The molecule has 0 aliphatic heterocycles. The summed E-state index contributed by atoms with van der Waals surface area (Å²) in [5.74, 6) is -0.554. The van der Waals surface area contributed by atoms with Gasteiger partial charge in [0.15, 0.2) is 0 Å². The summed E-state index contributed by atoms with van der Waals surface area (Å²) >= 11 is 7.64. The van der Waals surface area contributed by atoms with Crippen LogP contribution in [-0.2, 0) is 0 Å². The maximum absolute atomic E-state index is 11.0. The summed E-state index contributed by atoms with van der Waals surface area (Å²) in [4.78, 5) is 11.0. The first-order valence-corrected chi connectivity index (χ1v) is 4.50. The Kier molecular flexibility index (Phi) is 3.30. The third-order valence-corrected chi connectivity index (χ3v) is 2.45. The SMILES string of the molecule is O=C(NO)c1cc(Cl)ccc1I. The van der Waals surface area contributed by atoms with Gasteiger partial charge in [0.05, 0.1) is 5.56 Å². The molecular formula is C7H5ClINO2. The van der Waals surface area contributed by atoms with Crippen molar-refractivity contribution in [1.82, 2.24) is 5.48 Å². The minimum atomic E-state index is -0.554. The minimum Gasteiger partial charge on any atom is -0.288 e.